The zero-order valence-electron chi connectivity index (χ0n) is 10.6. The standard InChI is InChI=1S/C11H20N2O2S2/c1-4-12-10(6-5-7-17(3,14)15)11-8-13-9(2)16-11/h8,10,12H,4-7H2,1-3H3. The molecule has 1 atom stereocenters. The second-order valence-corrected chi connectivity index (χ2v) is 7.69. The van der Waals surface area contributed by atoms with Gasteiger partial charge in [-0.15, -0.1) is 11.3 Å². The quantitative estimate of drug-likeness (QED) is 0.826. The van der Waals surface area contributed by atoms with E-state index in [1.807, 2.05) is 13.1 Å². The molecule has 0 aromatic carbocycles. The van der Waals surface area contributed by atoms with Gasteiger partial charge in [0.2, 0.25) is 0 Å². The van der Waals surface area contributed by atoms with Crippen LogP contribution in [0.4, 0.5) is 0 Å². The van der Waals surface area contributed by atoms with Gasteiger partial charge in [-0.25, -0.2) is 13.4 Å². The first-order chi connectivity index (χ1) is 7.92. The summed E-state index contributed by atoms with van der Waals surface area (Å²) in [4.78, 5) is 5.43. The molecule has 1 N–H and O–H groups in total. The lowest BCUT2D eigenvalue weighted by molar-refractivity contribution is 0.513. The van der Waals surface area contributed by atoms with Crippen LogP contribution in [0.15, 0.2) is 6.20 Å². The van der Waals surface area contributed by atoms with E-state index in [0.29, 0.717) is 6.42 Å². The fourth-order valence-corrected chi connectivity index (χ4v) is 3.27. The molecule has 1 rings (SSSR count). The minimum Gasteiger partial charge on any atom is -0.309 e. The normalized spacial score (nSPS) is 13.8. The molecular weight excluding hydrogens is 256 g/mol. The fraction of sp³-hybridized carbons (Fsp3) is 0.727. The average molecular weight is 276 g/mol. The maximum Gasteiger partial charge on any atom is 0.147 e. The van der Waals surface area contributed by atoms with Gasteiger partial charge in [-0.3, -0.25) is 0 Å². The van der Waals surface area contributed by atoms with Crippen molar-refractivity contribution in [3.05, 3.63) is 16.1 Å². The molecule has 0 spiro atoms. The lowest BCUT2D eigenvalue weighted by Crippen LogP contribution is -2.20. The van der Waals surface area contributed by atoms with E-state index in [0.717, 1.165) is 18.0 Å². The molecule has 0 amide bonds. The van der Waals surface area contributed by atoms with E-state index in [1.54, 1.807) is 11.3 Å². The van der Waals surface area contributed by atoms with Crippen LogP contribution in [0.1, 0.15) is 35.7 Å². The van der Waals surface area contributed by atoms with Gasteiger partial charge < -0.3 is 5.32 Å². The molecule has 0 bridgehead atoms. The number of thiazole rings is 1. The second kappa shape index (κ2) is 6.47. The van der Waals surface area contributed by atoms with Gasteiger partial charge in [0.05, 0.1) is 5.01 Å². The molecular formula is C11H20N2O2S2. The highest BCUT2D eigenvalue weighted by Gasteiger charge is 2.14. The van der Waals surface area contributed by atoms with Crippen molar-refractivity contribution in [3.63, 3.8) is 0 Å². The maximum absolute atomic E-state index is 11.1. The van der Waals surface area contributed by atoms with Crippen LogP contribution in [0.25, 0.3) is 0 Å². The van der Waals surface area contributed by atoms with Crippen LogP contribution in [0.5, 0.6) is 0 Å². The van der Waals surface area contributed by atoms with Crippen molar-refractivity contribution in [1.29, 1.82) is 0 Å². The molecule has 1 aromatic heterocycles. The summed E-state index contributed by atoms with van der Waals surface area (Å²) in [6.45, 7) is 4.91. The highest BCUT2D eigenvalue weighted by Crippen LogP contribution is 2.24. The number of hydrogen-bond acceptors (Lipinski definition) is 5. The molecule has 1 heterocycles. The van der Waals surface area contributed by atoms with Gasteiger partial charge in [0.1, 0.15) is 9.84 Å². The Balaban J connectivity index is 2.55. The van der Waals surface area contributed by atoms with Crippen LogP contribution in [-0.2, 0) is 9.84 Å². The summed E-state index contributed by atoms with van der Waals surface area (Å²) >= 11 is 1.67. The summed E-state index contributed by atoms with van der Waals surface area (Å²) in [5.74, 6) is 0.257. The van der Waals surface area contributed by atoms with Crippen molar-refractivity contribution < 1.29 is 8.42 Å². The highest BCUT2D eigenvalue weighted by molar-refractivity contribution is 7.90. The third-order valence-corrected chi connectivity index (χ3v) is 4.50. The molecule has 0 aliphatic carbocycles. The zero-order valence-corrected chi connectivity index (χ0v) is 12.2. The molecule has 0 fully saturated rings. The van der Waals surface area contributed by atoms with Gasteiger partial charge in [-0.2, -0.15) is 0 Å². The Labute approximate surface area is 107 Å². The number of nitrogens with one attached hydrogen (secondary N) is 1. The van der Waals surface area contributed by atoms with Gasteiger partial charge in [0, 0.05) is 29.1 Å². The first-order valence-corrected chi connectivity index (χ1v) is 8.63. The van der Waals surface area contributed by atoms with Crippen LogP contribution in [0.3, 0.4) is 0 Å². The molecule has 0 aliphatic rings. The van der Waals surface area contributed by atoms with Crippen LogP contribution in [0.2, 0.25) is 0 Å². The molecule has 1 aromatic rings. The minimum absolute atomic E-state index is 0.230. The molecule has 6 heteroatoms. The van der Waals surface area contributed by atoms with Crippen molar-refractivity contribution in [3.8, 4) is 0 Å². The number of nitrogens with zero attached hydrogens (tertiary/aromatic N) is 1. The summed E-state index contributed by atoms with van der Waals surface area (Å²) in [5.41, 5.74) is 0. The van der Waals surface area contributed by atoms with Crippen molar-refractivity contribution in [1.82, 2.24) is 10.3 Å². The van der Waals surface area contributed by atoms with E-state index >= 15 is 0 Å². The topological polar surface area (TPSA) is 59.1 Å². The minimum atomic E-state index is -2.85. The largest absolute Gasteiger partial charge is 0.309 e. The molecule has 1 unspecified atom stereocenters. The Morgan fingerprint density at radius 2 is 2.24 bits per heavy atom. The number of aryl methyl sites for hydroxylation is 1. The Morgan fingerprint density at radius 1 is 1.53 bits per heavy atom. The van der Waals surface area contributed by atoms with E-state index in [2.05, 4.69) is 17.2 Å². The van der Waals surface area contributed by atoms with Crippen molar-refractivity contribution in [2.24, 2.45) is 0 Å². The Kier molecular flexibility index (Phi) is 5.55. The number of aromatic nitrogens is 1. The second-order valence-electron chi connectivity index (χ2n) is 4.16. The summed E-state index contributed by atoms with van der Waals surface area (Å²) < 4.78 is 22.2. The highest BCUT2D eigenvalue weighted by atomic mass is 32.2. The van der Waals surface area contributed by atoms with E-state index in [1.165, 1.54) is 11.1 Å². The van der Waals surface area contributed by atoms with Crippen LogP contribution in [-0.4, -0.2) is 32.0 Å². The lowest BCUT2D eigenvalue weighted by atomic mass is 10.1. The number of sulfone groups is 1. The van der Waals surface area contributed by atoms with Gasteiger partial charge in [0.15, 0.2) is 0 Å². The Bertz CT molecular complexity index is 440. The molecule has 0 saturated heterocycles. The first kappa shape index (κ1) is 14.6. The summed E-state index contributed by atoms with van der Waals surface area (Å²) in [7, 11) is -2.85. The SMILES string of the molecule is CCNC(CCCS(C)(=O)=O)c1cnc(C)s1. The lowest BCUT2D eigenvalue weighted by Gasteiger charge is -2.15. The van der Waals surface area contributed by atoms with Gasteiger partial charge in [-0.1, -0.05) is 6.92 Å². The van der Waals surface area contributed by atoms with Crippen LogP contribution in [0, 0.1) is 6.92 Å². The smallest absolute Gasteiger partial charge is 0.147 e. The monoisotopic (exact) mass is 276 g/mol. The molecule has 98 valence electrons. The first-order valence-electron chi connectivity index (χ1n) is 5.76. The molecule has 4 nitrogen and oxygen atoms in total. The predicted molar refractivity (Wildman–Crippen MR) is 72.2 cm³/mol. The Morgan fingerprint density at radius 3 is 2.71 bits per heavy atom. The van der Waals surface area contributed by atoms with Gasteiger partial charge in [-0.05, 0) is 26.3 Å². The zero-order chi connectivity index (χ0) is 12.9. The average Bonchev–Trinajstić information content (AvgIpc) is 2.62. The van der Waals surface area contributed by atoms with Crippen molar-refractivity contribution in [2.75, 3.05) is 18.6 Å². The summed E-state index contributed by atoms with van der Waals surface area (Å²) in [5, 5.41) is 4.42. The number of rotatable bonds is 7. The Hall–Kier alpha value is -0.460. The van der Waals surface area contributed by atoms with Crippen LogP contribution >= 0.6 is 11.3 Å². The molecule has 0 saturated carbocycles. The van der Waals surface area contributed by atoms with E-state index in [9.17, 15) is 8.42 Å². The van der Waals surface area contributed by atoms with Crippen molar-refractivity contribution >= 4 is 21.2 Å². The van der Waals surface area contributed by atoms with Crippen LogP contribution < -0.4 is 5.32 Å². The third-order valence-electron chi connectivity index (χ3n) is 2.44. The maximum atomic E-state index is 11.1. The van der Waals surface area contributed by atoms with Crippen molar-refractivity contribution in [2.45, 2.75) is 32.7 Å². The third kappa shape index (κ3) is 5.61. The van der Waals surface area contributed by atoms with E-state index in [4.69, 9.17) is 0 Å². The molecule has 17 heavy (non-hydrogen) atoms. The van der Waals surface area contributed by atoms with Gasteiger partial charge in [0.25, 0.3) is 0 Å². The summed E-state index contributed by atoms with van der Waals surface area (Å²) in [6.07, 6.45) is 4.69. The van der Waals surface area contributed by atoms with Gasteiger partial charge >= 0.3 is 0 Å². The summed E-state index contributed by atoms with van der Waals surface area (Å²) in [6, 6.07) is 0.230. The predicted octanol–water partition coefficient (Wildman–Crippen LogP) is 1.93. The molecule has 0 aliphatic heterocycles. The molecule has 0 radical (unpaired) electrons. The number of hydrogen-bond donors (Lipinski definition) is 1. The van der Waals surface area contributed by atoms with E-state index in [-0.39, 0.29) is 11.8 Å². The van der Waals surface area contributed by atoms with E-state index < -0.39 is 9.84 Å². The fourth-order valence-electron chi connectivity index (χ4n) is 1.68.